The second-order valence-electron chi connectivity index (χ2n) is 5.88. The first-order valence-electron chi connectivity index (χ1n) is 8.37. The lowest BCUT2D eigenvalue weighted by atomic mass is 10.2. The number of nitrogens with zero attached hydrogens (tertiary/aromatic N) is 1. The average molecular weight is 476 g/mol. The molecule has 1 aliphatic rings. The van der Waals surface area contributed by atoms with Crippen LogP contribution >= 0.6 is 35.0 Å². The fraction of sp³-hybridized carbons (Fsp3) is 0.167. The van der Waals surface area contributed by atoms with Gasteiger partial charge in [0.25, 0.3) is 17.1 Å². The van der Waals surface area contributed by atoms with E-state index in [9.17, 15) is 23.2 Å². The lowest BCUT2D eigenvalue weighted by molar-refractivity contribution is -0.122. The highest BCUT2D eigenvalue weighted by Gasteiger charge is 2.34. The maximum atomic E-state index is 12.5. The Labute approximate surface area is 183 Å². The van der Waals surface area contributed by atoms with E-state index in [1.807, 2.05) is 0 Å². The highest BCUT2D eigenvalue weighted by Crippen LogP contribution is 2.32. The van der Waals surface area contributed by atoms with E-state index >= 15 is 0 Å². The lowest BCUT2D eigenvalue weighted by Gasteiger charge is -2.12. The van der Waals surface area contributed by atoms with Crippen LogP contribution < -0.4 is 10.1 Å². The number of benzene rings is 1. The molecule has 1 aromatic carbocycles. The number of amides is 3. The molecule has 3 amide bonds. The molecule has 2 heterocycles. The van der Waals surface area contributed by atoms with Crippen LogP contribution in [-0.4, -0.2) is 46.6 Å². The summed E-state index contributed by atoms with van der Waals surface area (Å²) < 4.78 is 28.6. The highest BCUT2D eigenvalue weighted by molar-refractivity contribution is 8.18. The van der Waals surface area contributed by atoms with Crippen LogP contribution in [0, 0.1) is 0 Å². The summed E-state index contributed by atoms with van der Waals surface area (Å²) in [7, 11) is 0. The van der Waals surface area contributed by atoms with Crippen LogP contribution in [0.4, 0.5) is 13.6 Å². The Bertz CT molecular complexity index is 992. The molecule has 0 radical (unpaired) electrons. The molecule has 0 bridgehead atoms. The zero-order valence-electron chi connectivity index (χ0n) is 15.0. The molecule has 30 heavy (non-hydrogen) atoms. The van der Waals surface area contributed by atoms with Gasteiger partial charge in [-0.3, -0.25) is 19.3 Å². The molecular weight excluding hydrogens is 463 g/mol. The number of imide groups is 1. The summed E-state index contributed by atoms with van der Waals surface area (Å²) in [6, 6.07) is 6.99. The van der Waals surface area contributed by atoms with Crippen molar-refractivity contribution in [2.75, 3.05) is 13.1 Å². The van der Waals surface area contributed by atoms with Crippen LogP contribution in [0.25, 0.3) is 6.08 Å². The predicted molar refractivity (Wildman–Crippen MR) is 109 cm³/mol. The predicted octanol–water partition coefficient (Wildman–Crippen LogP) is 4.39. The van der Waals surface area contributed by atoms with Crippen molar-refractivity contribution in [3.63, 3.8) is 0 Å². The lowest BCUT2D eigenvalue weighted by Crippen LogP contribution is -2.37. The van der Waals surface area contributed by atoms with Gasteiger partial charge in [-0.05, 0) is 41.6 Å². The second kappa shape index (κ2) is 9.50. The van der Waals surface area contributed by atoms with Crippen LogP contribution in [0.2, 0.25) is 10.2 Å². The maximum absolute atomic E-state index is 12.5. The quantitative estimate of drug-likeness (QED) is 0.579. The van der Waals surface area contributed by atoms with Gasteiger partial charge in [-0.25, -0.2) is 0 Å². The number of alkyl halides is 2. The van der Waals surface area contributed by atoms with Gasteiger partial charge >= 0.3 is 6.61 Å². The van der Waals surface area contributed by atoms with Crippen molar-refractivity contribution < 1.29 is 27.9 Å². The van der Waals surface area contributed by atoms with Gasteiger partial charge in [-0.2, -0.15) is 8.78 Å². The van der Waals surface area contributed by atoms with E-state index in [1.165, 1.54) is 36.4 Å². The van der Waals surface area contributed by atoms with E-state index in [1.54, 1.807) is 0 Å². The minimum Gasteiger partial charge on any atom is -0.435 e. The summed E-state index contributed by atoms with van der Waals surface area (Å²) in [5.74, 6) is -1.02. The summed E-state index contributed by atoms with van der Waals surface area (Å²) in [5.41, 5.74) is 0.689. The molecule has 0 spiro atoms. The standard InChI is InChI=1S/C18H13Cl2F2N3O4S/c19-11-8-12(24-14(11)20)15(26)23-5-6-25-16(27)13(30-18(25)28)7-9-1-3-10(4-2-9)29-17(21)22/h1-4,7-8,17,24H,5-6H2,(H,23,26)/b13-7-. The Morgan fingerprint density at radius 1 is 1.27 bits per heavy atom. The molecule has 7 nitrogen and oxygen atoms in total. The van der Waals surface area contributed by atoms with Crippen LogP contribution in [0.3, 0.4) is 0 Å². The first-order valence-corrected chi connectivity index (χ1v) is 9.94. The van der Waals surface area contributed by atoms with Crippen LogP contribution in [0.5, 0.6) is 5.75 Å². The Kier molecular flexibility index (Phi) is 7.01. The van der Waals surface area contributed by atoms with E-state index in [0.29, 0.717) is 5.56 Å². The number of hydrogen-bond donors (Lipinski definition) is 2. The summed E-state index contributed by atoms with van der Waals surface area (Å²) in [5, 5.41) is 2.41. The van der Waals surface area contributed by atoms with Gasteiger partial charge in [-0.15, -0.1) is 0 Å². The fourth-order valence-corrected chi connectivity index (χ4v) is 3.67. The van der Waals surface area contributed by atoms with Gasteiger partial charge in [0.15, 0.2) is 0 Å². The monoisotopic (exact) mass is 475 g/mol. The Hall–Kier alpha value is -2.56. The van der Waals surface area contributed by atoms with Crippen molar-refractivity contribution in [1.29, 1.82) is 0 Å². The Balaban J connectivity index is 1.57. The number of H-pyrrole nitrogens is 1. The summed E-state index contributed by atoms with van der Waals surface area (Å²) in [4.78, 5) is 40.4. The largest absolute Gasteiger partial charge is 0.435 e. The number of ether oxygens (including phenoxy) is 1. The average Bonchev–Trinajstić information content (AvgIpc) is 3.16. The molecule has 1 aromatic heterocycles. The van der Waals surface area contributed by atoms with Gasteiger partial charge in [0.05, 0.1) is 9.93 Å². The van der Waals surface area contributed by atoms with E-state index in [2.05, 4.69) is 15.0 Å². The molecule has 2 aromatic rings. The third-order valence-corrected chi connectivity index (χ3v) is 5.47. The number of carbonyl (C=O) groups excluding carboxylic acids is 3. The number of hydrogen-bond acceptors (Lipinski definition) is 5. The normalized spacial score (nSPS) is 15.4. The first-order chi connectivity index (χ1) is 14.2. The molecule has 1 saturated heterocycles. The number of nitrogens with one attached hydrogen (secondary N) is 2. The van der Waals surface area contributed by atoms with Crippen molar-refractivity contribution in [2.24, 2.45) is 0 Å². The van der Waals surface area contributed by atoms with Crippen LogP contribution in [-0.2, 0) is 4.79 Å². The molecule has 1 fully saturated rings. The number of carbonyl (C=O) groups is 3. The Morgan fingerprint density at radius 3 is 2.57 bits per heavy atom. The molecule has 0 aliphatic carbocycles. The van der Waals surface area contributed by atoms with E-state index in [4.69, 9.17) is 23.2 Å². The third kappa shape index (κ3) is 5.32. The number of aromatic amines is 1. The number of halogens is 4. The van der Waals surface area contributed by atoms with Crippen molar-refractivity contribution in [3.05, 3.63) is 56.7 Å². The van der Waals surface area contributed by atoms with Gasteiger partial charge < -0.3 is 15.0 Å². The smallest absolute Gasteiger partial charge is 0.387 e. The molecule has 0 saturated carbocycles. The zero-order chi connectivity index (χ0) is 21.8. The van der Waals surface area contributed by atoms with Gasteiger partial charge in [-0.1, -0.05) is 35.3 Å². The highest BCUT2D eigenvalue weighted by atomic mass is 35.5. The maximum Gasteiger partial charge on any atom is 0.387 e. The SMILES string of the molecule is O=C(NCCN1C(=O)S/C(=C\c2ccc(OC(F)F)cc2)C1=O)c1cc(Cl)c(Cl)[nH]1. The second-order valence-corrected chi connectivity index (χ2v) is 7.66. The van der Waals surface area contributed by atoms with E-state index in [-0.39, 0.29) is 39.6 Å². The molecule has 0 unspecified atom stereocenters. The topological polar surface area (TPSA) is 91.5 Å². The van der Waals surface area contributed by atoms with Gasteiger partial charge in [0.2, 0.25) is 0 Å². The zero-order valence-corrected chi connectivity index (χ0v) is 17.3. The molecule has 3 rings (SSSR count). The summed E-state index contributed by atoms with van der Waals surface area (Å²) >= 11 is 12.3. The first kappa shape index (κ1) is 22.1. The number of aromatic nitrogens is 1. The van der Waals surface area contributed by atoms with Crippen molar-refractivity contribution >= 4 is 58.1 Å². The minimum atomic E-state index is -2.93. The van der Waals surface area contributed by atoms with E-state index in [0.717, 1.165) is 16.7 Å². The summed E-state index contributed by atoms with van der Waals surface area (Å²) in [6.07, 6.45) is 1.47. The molecular formula is C18H13Cl2F2N3O4S. The van der Waals surface area contributed by atoms with Crippen molar-refractivity contribution in [2.45, 2.75) is 6.61 Å². The van der Waals surface area contributed by atoms with Crippen molar-refractivity contribution in [1.82, 2.24) is 15.2 Å². The third-order valence-electron chi connectivity index (χ3n) is 3.87. The molecule has 0 atom stereocenters. The number of thioether (sulfide) groups is 1. The van der Waals surface area contributed by atoms with Gasteiger partial charge in [0.1, 0.15) is 16.6 Å². The van der Waals surface area contributed by atoms with E-state index < -0.39 is 23.7 Å². The molecule has 158 valence electrons. The minimum absolute atomic E-state index is 0.0179. The summed E-state index contributed by atoms with van der Waals surface area (Å²) in [6.45, 7) is -2.94. The van der Waals surface area contributed by atoms with Crippen LogP contribution in [0.1, 0.15) is 16.1 Å². The molecule has 1 aliphatic heterocycles. The molecule has 2 N–H and O–H groups in total. The number of rotatable bonds is 7. The van der Waals surface area contributed by atoms with Crippen LogP contribution in [0.15, 0.2) is 35.2 Å². The molecule has 12 heteroatoms. The fourth-order valence-electron chi connectivity index (χ4n) is 2.49. The Morgan fingerprint density at radius 2 is 1.97 bits per heavy atom. The van der Waals surface area contributed by atoms with Gasteiger partial charge in [0, 0.05) is 13.1 Å². The van der Waals surface area contributed by atoms with Crippen molar-refractivity contribution in [3.8, 4) is 5.75 Å².